The van der Waals surface area contributed by atoms with Gasteiger partial charge in [0.1, 0.15) is 24.2 Å². The number of benzene rings is 1. The van der Waals surface area contributed by atoms with Crippen LogP contribution in [-0.4, -0.2) is 71.5 Å². The van der Waals surface area contributed by atoms with E-state index in [1.54, 1.807) is 0 Å². The third-order valence-corrected chi connectivity index (χ3v) is 23.0. The molecule has 0 radical (unpaired) electrons. The molecule has 0 bridgehead atoms. The molecule has 2 aliphatic heterocycles. The average Bonchev–Trinajstić information content (AvgIpc) is 3.37. The Bertz CT molecular complexity index is 1450. The summed E-state index contributed by atoms with van der Waals surface area (Å²) in [5.74, 6) is -3.61. The molecule has 12 nitrogen and oxygen atoms in total. The van der Waals surface area contributed by atoms with Crippen molar-refractivity contribution < 1.29 is 56.5 Å². The van der Waals surface area contributed by atoms with Crippen molar-refractivity contribution in [1.82, 2.24) is 0 Å². The van der Waals surface area contributed by atoms with Crippen LogP contribution in [0.2, 0.25) is 33.2 Å². The summed E-state index contributed by atoms with van der Waals surface area (Å²) in [6, 6.07) is 3.84. The zero-order valence-corrected chi connectivity index (χ0v) is 36.7. The second-order valence-electron chi connectivity index (χ2n) is 16.4. The molecule has 53 heavy (non-hydrogen) atoms. The highest BCUT2D eigenvalue weighted by atomic mass is 28.4. The van der Waals surface area contributed by atoms with Crippen LogP contribution < -0.4 is 8.85 Å². The van der Waals surface area contributed by atoms with Crippen LogP contribution in [0.5, 0.6) is 11.5 Å². The molecule has 1 fully saturated rings. The van der Waals surface area contributed by atoms with E-state index in [2.05, 4.69) is 83.1 Å². The molecule has 2 heterocycles. The van der Waals surface area contributed by atoms with Crippen molar-refractivity contribution in [3.05, 3.63) is 23.3 Å². The Kier molecular flexibility index (Phi) is 14.5. The summed E-state index contributed by atoms with van der Waals surface area (Å²) in [4.78, 5) is 50.2. The minimum absolute atomic E-state index is 0.00878. The highest BCUT2D eigenvalue weighted by molar-refractivity contribution is 6.78. The van der Waals surface area contributed by atoms with Crippen molar-refractivity contribution in [2.24, 2.45) is 0 Å². The normalized spacial score (nSPS) is 23.2. The van der Waals surface area contributed by atoms with Crippen molar-refractivity contribution in [3.8, 4) is 11.5 Å². The van der Waals surface area contributed by atoms with E-state index in [4.69, 9.17) is 37.3 Å². The molecule has 1 aromatic carbocycles. The summed E-state index contributed by atoms with van der Waals surface area (Å²) in [7, 11) is -5.16. The first-order valence-electron chi connectivity index (χ1n) is 19.0. The topological polar surface area (TPSA) is 142 Å². The molecule has 5 atom stereocenters. The van der Waals surface area contributed by atoms with Crippen LogP contribution in [0.4, 0.5) is 0 Å². The fourth-order valence-corrected chi connectivity index (χ4v) is 19.7. The first-order valence-corrected chi connectivity index (χ1v) is 23.3. The van der Waals surface area contributed by atoms with Crippen LogP contribution in [0.1, 0.15) is 122 Å². The first kappa shape index (κ1) is 44.5. The predicted molar refractivity (Wildman–Crippen MR) is 204 cm³/mol. The Balaban J connectivity index is 2.50. The first-order chi connectivity index (χ1) is 24.5. The molecule has 0 aliphatic carbocycles. The van der Waals surface area contributed by atoms with Crippen LogP contribution in [0, 0.1) is 0 Å². The molecule has 1 saturated heterocycles. The highest BCUT2D eigenvalue weighted by Gasteiger charge is 2.65. The van der Waals surface area contributed by atoms with Crippen LogP contribution in [-0.2, 0) is 60.0 Å². The molecule has 2 aliphatic rings. The van der Waals surface area contributed by atoms with Crippen molar-refractivity contribution in [3.63, 3.8) is 0 Å². The molecule has 300 valence electrons. The summed E-state index contributed by atoms with van der Waals surface area (Å²) in [6.07, 6.45) is -5.44. The lowest BCUT2D eigenvalue weighted by atomic mass is 9.86. The van der Waals surface area contributed by atoms with Gasteiger partial charge in [0.25, 0.3) is 16.6 Å². The lowest BCUT2D eigenvalue weighted by molar-refractivity contribution is -0.370. The van der Waals surface area contributed by atoms with Gasteiger partial charge >= 0.3 is 23.9 Å². The van der Waals surface area contributed by atoms with Gasteiger partial charge in [-0.2, -0.15) is 0 Å². The van der Waals surface area contributed by atoms with Gasteiger partial charge in [0.15, 0.2) is 12.2 Å². The van der Waals surface area contributed by atoms with E-state index >= 15 is 0 Å². The van der Waals surface area contributed by atoms with Gasteiger partial charge in [0.2, 0.25) is 11.9 Å². The van der Waals surface area contributed by atoms with E-state index in [1.807, 2.05) is 12.1 Å². The molecular weight excluding hydrogens is 717 g/mol. The van der Waals surface area contributed by atoms with E-state index in [1.165, 1.54) is 27.7 Å². The third-order valence-electron chi connectivity index (χ3n) is 11.0. The van der Waals surface area contributed by atoms with E-state index in [9.17, 15) is 19.2 Å². The van der Waals surface area contributed by atoms with Crippen molar-refractivity contribution >= 4 is 40.5 Å². The quantitative estimate of drug-likeness (QED) is 0.0961. The van der Waals surface area contributed by atoms with Crippen LogP contribution >= 0.6 is 0 Å². The zero-order valence-electron chi connectivity index (χ0n) is 34.7. The average molecular weight is 781 g/mol. The minimum atomic E-state index is -2.71. The second kappa shape index (κ2) is 17.2. The number of rotatable bonds is 15. The molecule has 0 N–H and O–H groups in total. The summed E-state index contributed by atoms with van der Waals surface area (Å²) >= 11 is 0. The lowest BCUT2D eigenvalue weighted by Crippen LogP contribution is -2.66. The molecular formula is C39H64O12Si2. The fraction of sp³-hybridized carbons (Fsp3) is 0.744. The number of hydrogen-bond acceptors (Lipinski definition) is 12. The Morgan fingerprint density at radius 2 is 1.11 bits per heavy atom. The molecule has 0 unspecified atom stereocenters. The fourth-order valence-electron chi connectivity index (χ4n) is 9.24. The third kappa shape index (κ3) is 8.81. The molecule has 1 spiro atoms. The SMILES string of the molecule is CC(=O)OC[C@H]1O[C@]2(OCc3cc(O[Si](C(C)C)(C(C)C)C(C)C)cc(O[Si](C(C)C)(C(C)C)C(C)C)c32)[C@H](OC(C)=O)[C@@H](OC(C)=O)[C@@H]1OC(C)=O. The summed E-state index contributed by atoms with van der Waals surface area (Å²) < 4.78 is 51.1. The van der Waals surface area contributed by atoms with Gasteiger partial charge in [-0.15, -0.1) is 0 Å². The predicted octanol–water partition coefficient (Wildman–Crippen LogP) is 8.24. The Labute approximate surface area is 318 Å². The lowest BCUT2D eigenvalue weighted by Gasteiger charge is -2.50. The number of carbonyl (C=O) groups excluding carboxylic acids is 4. The monoisotopic (exact) mass is 780 g/mol. The van der Waals surface area contributed by atoms with Gasteiger partial charge in [-0.25, -0.2) is 0 Å². The number of ether oxygens (including phenoxy) is 6. The van der Waals surface area contributed by atoms with Crippen molar-refractivity contribution in [2.75, 3.05) is 6.61 Å². The summed E-state index contributed by atoms with van der Waals surface area (Å²) in [5, 5.41) is 0. The summed E-state index contributed by atoms with van der Waals surface area (Å²) in [6.45, 7) is 30.9. The van der Waals surface area contributed by atoms with Gasteiger partial charge in [-0.05, 0) is 44.9 Å². The Morgan fingerprint density at radius 3 is 1.55 bits per heavy atom. The van der Waals surface area contributed by atoms with Gasteiger partial charge < -0.3 is 37.3 Å². The second-order valence-corrected chi connectivity index (χ2v) is 27.1. The maximum absolute atomic E-state index is 12.9. The molecule has 0 aromatic heterocycles. The number of fused-ring (bicyclic) bond motifs is 2. The molecule has 14 heteroatoms. The van der Waals surface area contributed by atoms with Gasteiger partial charge in [0, 0.05) is 33.8 Å². The van der Waals surface area contributed by atoms with Gasteiger partial charge in [-0.1, -0.05) is 83.1 Å². The molecule has 1 aromatic rings. The van der Waals surface area contributed by atoms with Gasteiger partial charge in [0.05, 0.1) is 12.2 Å². The largest absolute Gasteiger partial charge is 0.543 e. The Hall–Kier alpha value is -2.95. The molecule has 3 rings (SSSR count). The molecule has 0 saturated carbocycles. The van der Waals surface area contributed by atoms with Gasteiger partial charge in [-0.3, -0.25) is 19.2 Å². The number of carbonyl (C=O) groups is 4. The van der Waals surface area contributed by atoms with E-state index < -0.39 is 70.7 Å². The smallest absolute Gasteiger partial charge is 0.303 e. The maximum atomic E-state index is 12.9. The minimum Gasteiger partial charge on any atom is -0.543 e. The van der Waals surface area contributed by atoms with E-state index in [0.29, 0.717) is 22.6 Å². The molecule has 0 amide bonds. The number of hydrogen-bond donors (Lipinski definition) is 0. The van der Waals surface area contributed by atoms with Crippen molar-refractivity contribution in [1.29, 1.82) is 0 Å². The maximum Gasteiger partial charge on any atom is 0.303 e. The number of esters is 4. The van der Waals surface area contributed by atoms with E-state index in [0.717, 1.165) is 0 Å². The standard InChI is InChI=1S/C39H64O12Si2/c1-21(2)52(22(3)4,23(5)6)50-32-17-31-19-45-39(35(31)33(18-32)51-53(24(7)8,25(9)10)26(11)12)38(48-30(16)43)37(47-29(15)42)36(46-28(14)41)34(49-39)20-44-27(13)40/h17-18,21-26,34,36-38H,19-20H2,1-16H3/t34-,36-,37+,38-,39+/m1/s1. The van der Waals surface area contributed by atoms with Crippen LogP contribution in [0.25, 0.3) is 0 Å². The summed E-state index contributed by atoms with van der Waals surface area (Å²) in [5.41, 5.74) is 2.51. The zero-order chi connectivity index (χ0) is 40.4. The highest BCUT2D eigenvalue weighted by Crippen LogP contribution is 2.55. The van der Waals surface area contributed by atoms with Crippen molar-refractivity contribution in [2.45, 2.75) is 181 Å². The van der Waals surface area contributed by atoms with Crippen LogP contribution in [0.15, 0.2) is 12.1 Å². The van der Waals surface area contributed by atoms with E-state index in [-0.39, 0.29) is 46.5 Å². The Morgan fingerprint density at radius 1 is 0.660 bits per heavy atom. The van der Waals surface area contributed by atoms with Crippen LogP contribution in [0.3, 0.4) is 0 Å².